The van der Waals surface area contributed by atoms with Crippen LogP contribution in [0.15, 0.2) is 6.20 Å². The largest absolute Gasteiger partial charge is 0.465 e. The van der Waals surface area contributed by atoms with Crippen LogP contribution in [0.1, 0.15) is 15.9 Å². The van der Waals surface area contributed by atoms with Crippen molar-refractivity contribution in [1.29, 1.82) is 0 Å². The van der Waals surface area contributed by atoms with E-state index in [0.717, 1.165) is 0 Å². The molecular formula is C8H9ClN2O2. The Hall–Kier alpha value is -1.29. The van der Waals surface area contributed by atoms with E-state index in [9.17, 15) is 4.79 Å². The molecule has 0 saturated carbocycles. The second-order valence-corrected chi connectivity index (χ2v) is 2.89. The third-order valence-corrected chi connectivity index (χ3v) is 2.08. The number of halogens is 1. The number of hydrogen-bond donors (Lipinski definition) is 1. The van der Waals surface area contributed by atoms with Crippen molar-refractivity contribution in [3.63, 3.8) is 0 Å². The third kappa shape index (κ3) is 1.72. The summed E-state index contributed by atoms with van der Waals surface area (Å²) >= 11 is 5.76. The molecule has 1 rings (SSSR count). The Bertz CT molecular complexity index is 352. The minimum Gasteiger partial charge on any atom is -0.465 e. The van der Waals surface area contributed by atoms with Gasteiger partial charge in [-0.15, -0.1) is 0 Å². The summed E-state index contributed by atoms with van der Waals surface area (Å²) in [5.74, 6) is -0.390. The normalized spacial score (nSPS) is 9.77. The molecule has 1 aromatic rings. The van der Waals surface area contributed by atoms with E-state index < -0.39 is 5.97 Å². The lowest BCUT2D eigenvalue weighted by molar-refractivity contribution is 0.0601. The summed E-state index contributed by atoms with van der Waals surface area (Å²) in [6, 6.07) is 0. The number of nitrogens with zero attached hydrogens (tertiary/aromatic N) is 1. The number of methoxy groups -OCH3 is 1. The number of carbonyl (C=O) groups is 1. The molecule has 0 amide bonds. The van der Waals surface area contributed by atoms with Gasteiger partial charge < -0.3 is 10.5 Å². The summed E-state index contributed by atoms with van der Waals surface area (Å²) in [7, 11) is 1.28. The van der Waals surface area contributed by atoms with Crippen LogP contribution in [0.25, 0.3) is 0 Å². The molecule has 0 radical (unpaired) electrons. The van der Waals surface area contributed by atoms with E-state index in [1.165, 1.54) is 13.3 Å². The molecule has 0 unspecified atom stereocenters. The zero-order valence-electron chi connectivity index (χ0n) is 7.30. The van der Waals surface area contributed by atoms with Crippen LogP contribution in [0.3, 0.4) is 0 Å². The fraction of sp³-hybridized carbons (Fsp3) is 0.250. The lowest BCUT2D eigenvalue weighted by Crippen LogP contribution is -2.09. The number of nitrogen functional groups attached to an aromatic ring is 1. The predicted molar refractivity (Wildman–Crippen MR) is 49.7 cm³/mol. The minimum absolute atomic E-state index is 0.133. The number of carbonyl (C=O) groups excluding carboxylic acids is 1. The molecule has 1 heterocycles. The van der Waals surface area contributed by atoms with Gasteiger partial charge in [0.2, 0.25) is 0 Å². The molecule has 0 spiro atoms. The van der Waals surface area contributed by atoms with Crippen LogP contribution in [0.2, 0.25) is 5.02 Å². The average molecular weight is 201 g/mol. The highest BCUT2D eigenvalue weighted by atomic mass is 35.5. The van der Waals surface area contributed by atoms with Gasteiger partial charge >= 0.3 is 5.97 Å². The molecule has 0 aliphatic rings. The SMILES string of the molecule is COC(=O)c1c(N)ncc(Cl)c1C. The molecule has 0 atom stereocenters. The van der Waals surface area contributed by atoms with E-state index in [1.54, 1.807) is 6.92 Å². The minimum atomic E-state index is -0.523. The Morgan fingerprint density at radius 2 is 2.31 bits per heavy atom. The summed E-state index contributed by atoms with van der Waals surface area (Å²) in [6.45, 7) is 1.69. The topological polar surface area (TPSA) is 65.2 Å². The number of anilines is 1. The lowest BCUT2D eigenvalue weighted by Gasteiger charge is -2.06. The van der Waals surface area contributed by atoms with Gasteiger partial charge in [0.25, 0.3) is 0 Å². The van der Waals surface area contributed by atoms with Gasteiger partial charge in [-0.05, 0) is 12.5 Å². The van der Waals surface area contributed by atoms with E-state index in [2.05, 4.69) is 9.72 Å². The highest BCUT2D eigenvalue weighted by Gasteiger charge is 2.16. The standard InChI is InChI=1S/C8H9ClN2O2/c1-4-5(9)3-11-7(10)6(4)8(12)13-2/h3H,1-2H3,(H2,10,11). The first-order valence-electron chi connectivity index (χ1n) is 3.56. The summed E-state index contributed by atoms with van der Waals surface area (Å²) in [5, 5.41) is 0.398. The Labute approximate surface area is 80.7 Å². The van der Waals surface area contributed by atoms with Crippen molar-refractivity contribution in [2.45, 2.75) is 6.92 Å². The van der Waals surface area contributed by atoms with Crippen molar-refractivity contribution >= 4 is 23.4 Å². The van der Waals surface area contributed by atoms with Crippen LogP contribution in [0.4, 0.5) is 5.82 Å². The first-order chi connectivity index (χ1) is 6.07. The fourth-order valence-electron chi connectivity index (χ4n) is 0.959. The number of rotatable bonds is 1. The van der Waals surface area contributed by atoms with Crippen LogP contribution in [0, 0.1) is 6.92 Å². The monoisotopic (exact) mass is 200 g/mol. The summed E-state index contributed by atoms with van der Waals surface area (Å²) in [4.78, 5) is 15.0. The second-order valence-electron chi connectivity index (χ2n) is 2.48. The first kappa shape index (κ1) is 9.80. The smallest absolute Gasteiger partial charge is 0.341 e. The van der Waals surface area contributed by atoms with Gasteiger partial charge in [-0.3, -0.25) is 0 Å². The van der Waals surface area contributed by atoms with Crippen molar-refractivity contribution in [2.75, 3.05) is 12.8 Å². The molecule has 70 valence electrons. The fourth-order valence-corrected chi connectivity index (χ4v) is 1.10. The molecular weight excluding hydrogens is 192 g/mol. The molecule has 0 saturated heterocycles. The van der Waals surface area contributed by atoms with Crippen molar-refractivity contribution in [1.82, 2.24) is 4.98 Å². The Morgan fingerprint density at radius 1 is 1.69 bits per heavy atom. The van der Waals surface area contributed by atoms with Crippen molar-refractivity contribution in [2.24, 2.45) is 0 Å². The molecule has 13 heavy (non-hydrogen) atoms. The van der Waals surface area contributed by atoms with Gasteiger partial charge in [0.1, 0.15) is 11.4 Å². The molecule has 2 N–H and O–H groups in total. The Kier molecular flexibility index (Phi) is 2.72. The van der Waals surface area contributed by atoms with Gasteiger partial charge in [-0.2, -0.15) is 0 Å². The summed E-state index contributed by atoms with van der Waals surface area (Å²) in [5.41, 5.74) is 6.31. The van der Waals surface area contributed by atoms with Gasteiger partial charge in [-0.1, -0.05) is 11.6 Å². The Morgan fingerprint density at radius 3 is 2.85 bits per heavy atom. The number of hydrogen-bond acceptors (Lipinski definition) is 4. The molecule has 0 aliphatic carbocycles. The Balaban J connectivity index is 3.33. The quantitative estimate of drug-likeness (QED) is 0.697. The van der Waals surface area contributed by atoms with E-state index >= 15 is 0 Å². The maximum atomic E-state index is 11.2. The van der Waals surface area contributed by atoms with E-state index in [1.807, 2.05) is 0 Å². The molecule has 0 bridgehead atoms. The molecule has 4 nitrogen and oxygen atoms in total. The van der Waals surface area contributed by atoms with Crippen molar-refractivity contribution in [3.8, 4) is 0 Å². The van der Waals surface area contributed by atoms with Crippen molar-refractivity contribution < 1.29 is 9.53 Å². The number of aromatic nitrogens is 1. The van der Waals surface area contributed by atoms with Gasteiger partial charge in [0.05, 0.1) is 12.1 Å². The van der Waals surface area contributed by atoms with Crippen molar-refractivity contribution in [3.05, 3.63) is 22.3 Å². The van der Waals surface area contributed by atoms with Crippen LogP contribution in [-0.2, 0) is 4.74 Å². The molecule has 0 fully saturated rings. The number of nitrogens with two attached hydrogens (primary N) is 1. The maximum absolute atomic E-state index is 11.2. The number of pyridine rings is 1. The number of esters is 1. The average Bonchev–Trinajstić information content (AvgIpc) is 2.12. The summed E-state index contributed by atoms with van der Waals surface area (Å²) in [6.07, 6.45) is 1.40. The van der Waals surface area contributed by atoms with Crippen LogP contribution < -0.4 is 5.73 Å². The predicted octanol–water partition coefficient (Wildman–Crippen LogP) is 1.41. The maximum Gasteiger partial charge on any atom is 0.341 e. The molecule has 0 aliphatic heterocycles. The van der Waals surface area contributed by atoms with E-state index in [0.29, 0.717) is 10.6 Å². The second kappa shape index (κ2) is 3.62. The van der Waals surface area contributed by atoms with Gasteiger partial charge in [0.15, 0.2) is 0 Å². The highest BCUT2D eigenvalue weighted by molar-refractivity contribution is 6.31. The summed E-state index contributed by atoms with van der Waals surface area (Å²) < 4.78 is 4.54. The molecule has 0 aromatic carbocycles. The lowest BCUT2D eigenvalue weighted by atomic mass is 10.1. The van der Waals surface area contributed by atoms with E-state index in [-0.39, 0.29) is 11.4 Å². The van der Waals surface area contributed by atoms with Crippen LogP contribution in [0.5, 0.6) is 0 Å². The van der Waals surface area contributed by atoms with Crippen LogP contribution >= 0.6 is 11.6 Å². The van der Waals surface area contributed by atoms with E-state index in [4.69, 9.17) is 17.3 Å². The zero-order valence-corrected chi connectivity index (χ0v) is 8.05. The molecule has 5 heteroatoms. The zero-order chi connectivity index (χ0) is 10.0. The van der Waals surface area contributed by atoms with Crippen LogP contribution in [-0.4, -0.2) is 18.1 Å². The third-order valence-electron chi connectivity index (χ3n) is 1.70. The van der Waals surface area contributed by atoms with Gasteiger partial charge in [-0.25, -0.2) is 9.78 Å². The first-order valence-corrected chi connectivity index (χ1v) is 3.94. The number of ether oxygens (including phenoxy) is 1. The highest BCUT2D eigenvalue weighted by Crippen LogP contribution is 2.22. The molecule has 1 aromatic heterocycles. The van der Waals surface area contributed by atoms with Gasteiger partial charge in [0, 0.05) is 6.20 Å².